The first-order valence-corrected chi connectivity index (χ1v) is 5.42. The van der Waals surface area contributed by atoms with Gasteiger partial charge in [0.1, 0.15) is 0 Å². The van der Waals surface area contributed by atoms with Crippen LogP contribution in [-0.4, -0.2) is 28.0 Å². The molecular formula is C13H9N3O2. The van der Waals surface area contributed by atoms with Gasteiger partial charge in [-0.2, -0.15) is 10.1 Å². The predicted octanol–water partition coefficient (Wildman–Crippen LogP) is 1.64. The maximum Gasteiger partial charge on any atom is 0.282 e. The second kappa shape index (κ2) is 3.96. The maximum atomic E-state index is 11.9. The molecule has 0 aliphatic carbocycles. The Morgan fingerprint density at radius 3 is 2.22 bits per heavy atom. The Kier molecular flexibility index (Phi) is 2.30. The van der Waals surface area contributed by atoms with E-state index in [9.17, 15) is 9.59 Å². The number of H-pyrrole nitrogens is 1. The Bertz CT molecular complexity index is 609. The molecule has 0 unspecified atom stereocenters. The molecule has 0 spiro atoms. The number of aromatic nitrogens is 1. The van der Waals surface area contributed by atoms with Crippen LogP contribution in [0.4, 0.5) is 0 Å². The van der Waals surface area contributed by atoms with Crippen molar-refractivity contribution in [1.82, 2.24) is 9.99 Å². The first-order chi connectivity index (χ1) is 8.77. The Morgan fingerprint density at radius 1 is 1.00 bits per heavy atom. The average molecular weight is 239 g/mol. The minimum atomic E-state index is -0.390. The Labute approximate surface area is 103 Å². The van der Waals surface area contributed by atoms with E-state index in [1.54, 1.807) is 36.5 Å². The summed E-state index contributed by atoms with van der Waals surface area (Å²) >= 11 is 0. The number of imide groups is 1. The number of fused-ring (bicyclic) bond motifs is 1. The monoisotopic (exact) mass is 239 g/mol. The van der Waals surface area contributed by atoms with Crippen molar-refractivity contribution >= 4 is 18.0 Å². The summed E-state index contributed by atoms with van der Waals surface area (Å²) in [4.78, 5) is 26.8. The number of aromatic amines is 1. The SMILES string of the molecule is O=C1c2ccccc2C(=O)N1/N=C/c1ccc[nH]1. The molecule has 88 valence electrons. The normalized spacial score (nSPS) is 14.6. The van der Waals surface area contributed by atoms with E-state index in [0.717, 1.165) is 10.7 Å². The number of hydrogen-bond donors (Lipinski definition) is 1. The Morgan fingerprint density at radius 2 is 1.67 bits per heavy atom. The van der Waals surface area contributed by atoms with Crippen molar-refractivity contribution in [2.24, 2.45) is 5.10 Å². The molecule has 2 amide bonds. The van der Waals surface area contributed by atoms with Gasteiger partial charge in [0, 0.05) is 6.20 Å². The maximum absolute atomic E-state index is 11.9. The molecule has 0 radical (unpaired) electrons. The molecule has 1 aliphatic heterocycles. The van der Waals surface area contributed by atoms with E-state index in [4.69, 9.17) is 0 Å². The van der Waals surface area contributed by atoms with Crippen molar-refractivity contribution in [3.8, 4) is 0 Å². The minimum absolute atomic E-state index is 0.390. The number of amides is 2. The molecular weight excluding hydrogens is 230 g/mol. The number of nitrogens with one attached hydrogen (secondary N) is 1. The van der Waals surface area contributed by atoms with E-state index < -0.39 is 11.8 Å². The summed E-state index contributed by atoms with van der Waals surface area (Å²) in [6.45, 7) is 0. The molecule has 5 nitrogen and oxygen atoms in total. The zero-order valence-corrected chi connectivity index (χ0v) is 9.33. The first kappa shape index (κ1) is 10.5. The highest BCUT2D eigenvalue weighted by Crippen LogP contribution is 2.22. The standard InChI is InChI=1S/C13H9N3O2/c17-12-10-5-1-2-6-11(10)13(18)16(12)15-8-9-4-3-7-14-9/h1-8,14H/b15-8+. The molecule has 0 fully saturated rings. The molecule has 1 N–H and O–H groups in total. The number of carbonyl (C=O) groups excluding carboxylic acids is 2. The summed E-state index contributed by atoms with van der Waals surface area (Å²) in [7, 11) is 0. The number of hydrazone groups is 1. The van der Waals surface area contributed by atoms with Crippen molar-refractivity contribution in [2.45, 2.75) is 0 Å². The van der Waals surface area contributed by atoms with Crippen molar-refractivity contribution < 1.29 is 9.59 Å². The van der Waals surface area contributed by atoms with Crippen LogP contribution < -0.4 is 0 Å². The largest absolute Gasteiger partial charge is 0.360 e. The molecule has 2 aromatic rings. The molecule has 5 heteroatoms. The van der Waals surface area contributed by atoms with Crippen molar-refractivity contribution in [2.75, 3.05) is 0 Å². The van der Waals surface area contributed by atoms with Gasteiger partial charge in [0.25, 0.3) is 11.8 Å². The third-order valence-corrected chi connectivity index (χ3v) is 2.71. The summed E-state index contributed by atoms with van der Waals surface area (Å²) in [5, 5.41) is 4.80. The van der Waals surface area contributed by atoms with Crippen LogP contribution in [0.5, 0.6) is 0 Å². The molecule has 0 bridgehead atoms. The molecule has 0 saturated heterocycles. The van der Waals surface area contributed by atoms with E-state index in [2.05, 4.69) is 10.1 Å². The van der Waals surface area contributed by atoms with Crippen molar-refractivity contribution in [3.63, 3.8) is 0 Å². The Balaban J connectivity index is 1.93. The lowest BCUT2D eigenvalue weighted by Gasteiger charge is -2.04. The summed E-state index contributed by atoms with van der Waals surface area (Å²) in [6.07, 6.45) is 3.19. The van der Waals surface area contributed by atoms with Crippen LogP contribution in [0.2, 0.25) is 0 Å². The number of hydrogen-bond acceptors (Lipinski definition) is 3. The van der Waals surface area contributed by atoms with Gasteiger partial charge in [0.15, 0.2) is 0 Å². The molecule has 2 heterocycles. The summed E-state index contributed by atoms with van der Waals surface area (Å²) in [5.74, 6) is -0.781. The molecule has 0 atom stereocenters. The number of carbonyl (C=O) groups is 2. The molecule has 1 aromatic heterocycles. The van der Waals surface area contributed by atoms with Crippen LogP contribution >= 0.6 is 0 Å². The molecule has 18 heavy (non-hydrogen) atoms. The van der Waals surface area contributed by atoms with Crippen LogP contribution in [0.3, 0.4) is 0 Å². The predicted molar refractivity (Wildman–Crippen MR) is 65.3 cm³/mol. The van der Waals surface area contributed by atoms with Crippen LogP contribution in [0.25, 0.3) is 0 Å². The molecule has 1 aliphatic rings. The van der Waals surface area contributed by atoms with Gasteiger partial charge in [0.05, 0.1) is 23.0 Å². The van der Waals surface area contributed by atoms with E-state index in [1.807, 2.05) is 6.07 Å². The Hall–Kier alpha value is -2.69. The van der Waals surface area contributed by atoms with Gasteiger partial charge >= 0.3 is 0 Å². The summed E-state index contributed by atoms with van der Waals surface area (Å²) in [5.41, 5.74) is 1.52. The minimum Gasteiger partial charge on any atom is -0.360 e. The van der Waals surface area contributed by atoms with E-state index in [-0.39, 0.29) is 0 Å². The van der Waals surface area contributed by atoms with Gasteiger partial charge < -0.3 is 4.98 Å². The van der Waals surface area contributed by atoms with Gasteiger partial charge in [-0.15, -0.1) is 0 Å². The zero-order valence-electron chi connectivity index (χ0n) is 9.33. The van der Waals surface area contributed by atoms with E-state index in [1.165, 1.54) is 6.21 Å². The van der Waals surface area contributed by atoms with Crippen molar-refractivity contribution in [1.29, 1.82) is 0 Å². The highest BCUT2D eigenvalue weighted by molar-refractivity contribution is 6.21. The fourth-order valence-corrected chi connectivity index (χ4v) is 1.83. The van der Waals surface area contributed by atoms with Crippen LogP contribution in [0.15, 0.2) is 47.7 Å². The summed E-state index contributed by atoms with van der Waals surface area (Å²) < 4.78 is 0. The number of nitrogens with zero attached hydrogens (tertiary/aromatic N) is 2. The average Bonchev–Trinajstić information content (AvgIpc) is 2.98. The molecule has 1 aromatic carbocycles. The number of rotatable bonds is 2. The quantitative estimate of drug-likeness (QED) is 0.639. The van der Waals surface area contributed by atoms with E-state index >= 15 is 0 Å². The zero-order chi connectivity index (χ0) is 12.5. The smallest absolute Gasteiger partial charge is 0.282 e. The highest BCUT2D eigenvalue weighted by atomic mass is 16.2. The first-order valence-electron chi connectivity index (χ1n) is 5.42. The highest BCUT2D eigenvalue weighted by Gasteiger charge is 2.35. The summed E-state index contributed by atoms with van der Waals surface area (Å²) in [6, 6.07) is 10.3. The van der Waals surface area contributed by atoms with Gasteiger partial charge in [-0.1, -0.05) is 12.1 Å². The topological polar surface area (TPSA) is 65.5 Å². The fraction of sp³-hybridized carbons (Fsp3) is 0. The van der Waals surface area contributed by atoms with Gasteiger partial charge in [-0.05, 0) is 24.3 Å². The van der Waals surface area contributed by atoms with Crippen LogP contribution in [0.1, 0.15) is 26.4 Å². The lowest BCUT2D eigenvalue weighted by atomic mass is 10.1. The van der Waals surface area contributed by atoms with E-state index in [0.29, 0.717) is 11.1 Å². The lowest BCUT2D eigenvalue weighted by molar-refractivity contribution is 0.0660. The van der Waals surface area contributed by atoms with Gasteiger partial charge in [-0.3, -0.25) is 9.59 Å². The number of benzene rings is 1. The van der Waals surface area contributed by atoms with Crippen LogP contribution in [0, 0.1) is 0 Å². The second-order valence-corrected chi connectivity index (χ2v) is 3.84. The van der Waals surface area contributed by atoms with Gasteiger partial charge in [0.2, 0.25) is 0 Å². The third kappa shape index (κ3) is 1.53. The third-order valence-electron chi connectivity index (χ3n) is 2.71. The second-order valence-electron chi connectivity index (χ2n) is 3.84. The molecule has 0 saturated carbocycles. The fourth-order valence-electron chi connectivity index (χ4n) is 1.83. The van der Waals surface area contributed by atoms with Crippen molar-refractivity contribution in [3.05, 3.63) is 59.4 Å². The van der Waals surface area contributed by atoms with Gasteiger partial charge in [-0.25, -0.2) is 0 Å². The molecule has 3 rings (SSSR count). The lowest BCUT2D eigenvalue weighted by Crippen LogP contribution is -2.24. The van der Waals surface area contributed by atoms with Crippen LogP contribution in [-0.2, 0) is 0 Å².